The van der Waals surface area contributed by atoms with Gasteiger partial charge in [0, 0.05) is 36.3 Å². The number of nitriles is 1. The lowest BCUT2D eigenvalue weighted by atomic mass is 10.1. The summed E-state index contributed by atoms with van der Waals surface area (Å²) in [7, 11) is -2.21. The van der Waals surface area contributed by atoms with E-state index in [1.807, 2.05) is 6.07 Å². The van der Waals surface area contributed by atoms with Crippen LogP contribution in [-0.2, 0) is 16.6 Å². The third-order valence-corrected chi connectivity index (χ3v) is 5.76. The van der Waals surface area contributed by atoms with Crippen molar-refractivity contribution in [1.29, 1.82) is 5.26 Å². The molecule has 0 radical (unpaired) electrons. The topological polar surface area (TPSA) is 87.8 Å². The molecule has 3 aromatic rings. The molecular formula is C21H19FN4O2S. The predicted molar refractivity (Wildman–Crippen MR) is 110 cm³/mol. The van der Waals surface area contributed by atoms with Gasteiger partial charge in [0.2, 0.25) is 10.0 Å². The highest BCUT2D eigenvalue weighted by molar-refractivity contribution is 7.90. The van der Waals surface area contributed by atoms with Crippen molar-refractivity contribution in [2.45, 2.75) is 6.54 Å². The maximum Gasteiger partial charge on any atom is 0.242 e. The van der Waals surface area contributed by atoms with Gasteiger partial charge in [0.1, 0.15) is 11.9 Å². The first-order chi connectivity index (χ1) is 14.0. The van der Waals surface area contributed by atoms with Gasteiger partial charge in [0.05, 0.1) is 17.0 Å². The zero-order valence-electron chi connectivity index (χ0n) is 15.7. The Labute approximate surface area is 169 Å². The molecule has 0 atom stereocenters. The van der Waals surface area contributed by atoms with Crippen LogP contribution >= 0.6 is 0 Å². The zero-order valence-corrected chi connectivity index (χ0v) is 16.5. The van der Waals surface area contributed by atoms with Crippen LogP contribution in [0.3, 0.4) is 0 Å². The molecule has 0 aliphatic heterocycles. The van der Waals surface area contributed by atoms with E-state index >= 15 is 0 Å². The van der Waals surface area contributed by atoms with E-state index in [-0.39, 0.29) is 29.1 Å². The van der Waals surface area contributed by atoms with Crippen LogP contribution in [0.4, 0.5) is 4.39 Å². The molecule has 6 nitrogen and oxygen atoms in total. The number of hydrogen-bond donors (Lipinski definition) is 1. The number of halogens is 1. The molecule has 148 valence electrons. The first-order valence-corrected chi connectivity index (χ1v) is 10.4. The van der Waals surface area contributed by atoms with Gasteiger partial charge < -0.3 is 5.32 Å². The lowest BCUT2D eigenvalue weighted by Gasteiger charge is -2.10. The number of benzene rings is 1. The molecule has 0 saturated carbocycles. The van der Waals surface area contributed by atoms with Crippen LogP contribution in [0, 0.1) is 17.1 Å². The fourth-order valence-electron chi connectivity index (χ4n) is 2.97. The average molecular weight is 410 g/mol. The summed E-state index contributed by atoms with van der Waals surface area (Å²) in [5, 5.41) is 12.6. The first kappa shape index (κ1) is 20.5. The summed E-state index contributed by atoms with van der Waals surface area (Å²) < 4.78 is 41.6. The first-order valence-electron chi connectivity index (χ1n) is 8.81. The minimum absolute atomic E-state index is 0.0330. The van der Waals surface area contributed by atoms with Crippen LogP contribution in [0.1, 0.15) is 16.7 Å². The van der Waals surface area contributed by atoms with Crippen LogP contribution in [0.25, 0.3) is 17.3 Å². The minimum atomic E-state index is -3.89. The molecule has 3 rings (SSSR count). The highest BCUT2D eigenvalue weighted by Gasteiger charge is 2.25. The number of nitrogens with zero attached hydrogens (tertiary/aromatic N) is 3. The number of nitrogens with one attached hydrogen (secondary N) is 1. The second kappa shape index (κ2) is 8.82. The maximum absolute atomic E-state index is 14.5. The molecule has 0 fully saturated rings. The lowest BCUT2D eigenvalue weighted by Crippen LogP contribution is -2.16. The van der Waals surface area contributed by atoms with Gasteiger partial charge in [0.25, 0.3) is 0 Å². The van der Waals surface area contributed by atoms with Crippen LogP contribution in [0.5, 0.6) is 0 Å². The molecule has 8 heteroatoms. The normalized spacial score (nSPS) is 11.6. The molecule has 1 aromatic carbocycles. The number of hydrogen-bond acceptors (Lipinski definition) is 5. The predicted octanol–water partition coefficient (Wildman–Crippen LogP) is 3.17. The van der Waals surface area contributed by atoms with Crippen molar-refractivity contribution in [2.75, 3.05) is 12.8 Å². The van der Waals surface area contributed by atoms with Gasteiger partial charge in [-0.1, -0.05) is 30.4 Å². The number of pyridine rings is 1. The number of aromatic nitrogens is 2. The van der Waals surface area contributed by atoms with Crippen LogP contribution < -0.4 is 5.32 Å². The highest BCUT2D eigenvalue weighted by Crippen LogP contribution is 2.31. The molecule has 0 spiro atoms. The van der Waals surface area contributed by atoms with E-state index in [4.69, 9.17) is 0 Å². The largest absolute Gasteiger partial charge is 0.316 e. The second-order valence-corrected chi connectivity index (χ2v) is 8.15. The molecular weight excluding hydrogens is 391 g/mol. The van der Waals surface area contributed by atoms with Gasteiger partial charge >= 0.3 is 0 Å². The van der Waals surface area contributed by atoms with Gasteiger partial charge in [0.15, 0.2) is 0 Å². The van der Waals surface area contributed by atoms with Crippen molar-refractivity contribution >= 4 is 16.1 Å². The van der Waals surface area contributed by atoms with Crippen molar-refractivity contribution in [2.24, 2.45) is 0 Å². The lowest BCUT2D eigenvalue weighted by molar-refractivity contribution is 0.590. The van der Waals surface area contributed by atoms with Crippen LogP contribution in [0.2, 0.25) is 0 Å². The minimum Gasteiger partial charge on any atom is -0.316 e. The molecule has 0 unspecified atom stereocenters. The Morgan fingerprint density at radius 2 is 2.07 bits per heavy atom. The number of rotatable bonds is 7. The molecule has 0 aliphatic rings. The highest BCUT2D eigenvalue weighted by atomic mass is 32.2. The molecule has 2 aromatic heterocycles. The third-order valence-electron chi connectivity index (χ3n) is 4.26. The summed E-state index contributed by atoms with van der Waals surface area (Å²) in [5.41, 5.74) is 1.47. The summed E-state index contributed by atoms with van der Waals surface area (Å²) in [6.07, 6.45) is 7.77. The Morgan fingerprint density at radius 1 is 1.28 bits per heavy atom. The molecule has 29 heavy (non-hydrogen) atoms. The van der Waals surface area contributed by atoms with E-state index in [1.165, 1.54) is 30.5 Å². The van der Waals surface area contributed by atoms with Crippen molar-refractivity contribution in [1.82, 2.24) is 14.3 Å². The van der Waals surface area contributed by atoms with Gasteiger partial charge in [-0.05, 0) is 30.8 Å². The van der Waals surface area contributed by atoms with Crippen molar-refractivity contribution in [3.8, 4) is 17.3 Å². The molecule has 0 amide bonds. The fraction of sp³-hybridized carbons (Fsp3) is 0.143. The third kappa shape index (κ3) is 4.42. The smallest absolute Gasteiger partial charge is 0.242 e. The molecule has 0 aliphatic carbocycles. The summed E-state index contributed by atoms with van der Waals surface area (Å²) >= 11 is 0. The van der Waals surface area contributed by atoms with Gasteiger partial charge in [-0.15, -0.1) is 0 Å². The Bertz CT molecular complexity index is 1180. The second-order valence-electron chi connectivity index (χ2n) is 6.26. The molecule has 0 bridgehead atoms. The van der Waals surface area contributed by atoms with E-state index in [9.17, 15) is 18.1 Å². The quantitative estimate of drug-likeness (QED) is 0.646. The van der Waals surface area contributed by atoms with Crippen molar-refractivity contribution in [3.05, 3.63) is 83.6 Å². The van der Waals surface area contributed by atoms with Crippen molar-refractivity contribution in [3.63, 3.8) is 0 Å². The van der Waals surface area contributed by atoms with E-state index in [1.54, 1.807) is 43.7 Å². The fourth-order valence-corrected chi connectivity index (χ4v) is 4.22. The Hall–Kier alpha value is -3.28. The maximum atomic E-state index is 14.5. The average Bonchev–Trinajstić information content (AvgIpc) is 3.08. The standard InChI is InChI=1S/C21H19FN4O2S/c1-24-14-17-15-26(21(19(17)12-23)18-8-2-3-9-20(18)22)29(27,28)11-5-7-16-6-4-10-25-13-16/h2-10,13,15,24H,11,14H2,1H3. The van der Waals surface area contributed by atoms with E-state index in [0.717, 1.165) is 9.54 Å². The van der Waals surface area contributed by atoms with E-state index in [0.29, 0.717) is 5.56 Å². The molecule has 0 saturated heterocycles. The summed E-state index contributed by atoms with van der Waals surface area (Å²) in [6.45, 7) is 0.276. The van der Waals surface area contributed by atoms with Gasteiger partial charge in [-0.25, -0.2) is 16.8 Å². The zero-order chi connectivity index (χ0) is 20.9. The van der Waals surface area contributed by atoms with Crippen LogP contribution in [-0.4, -0.2) is 30.2 Å². The van der Waals surface area contributed by atoms with E-state index < -0.39 is 15.8 Å². The Morgan fingerprint density at radius 3 is 2.72 bits per heavy atom. The summed E-state index contributed by atoms with van der Waals surface area (Å²) in [6, 6.07) is 11.4. The Kier molecular flexibility index (Phi) is 6.22. The monoisotopic (exact) mass is 410 g/mol. The SMILES string of the molecule is CNCc1cn(S(=O)(=O)CC=Cc2cccnc2)c(-c2ccccc2F)c1C#N. The van der Waals surface area contributed by atoms with Gasteiger partial charge in [-0.3, -0.25) is 4.98 Å². The summed E-state index contributed by atoms with van der Waals surface area (Å²) in [4.78, 5) is 3.98. The Balaban J connectivity index is 2.09. The molecule has 1 N–H and O–H groups in total. The van der Waals surface area contributed by atoms with Gasteiger partial charge in [-0.2, -0.15) is 5.26 Å². The molecule has 2 heterocycles. The van der Waals surface area contributed by atoms with Crippen LogP contribution in [0.15, 0.2) is 61.1 Å². The summed E-state index contributed by atoms with van der Waals surface area (Å²) in [5.74, 6) is -0.914. The van der Waals surface area contributed by atoms with E-state index in [2.05, 4.69) is 10.3 Å². The van der Waals surface area contributed by atoms with Crippen molar-refractivity contribution < 1.29 is 12.8 Å².